The Labute approximate surface area is 239 Å². The van der Waals surface area contributed by atoms with E-state index in [1.807, 2.05) is 47.3 Å². The van der Waals surface area contributed by atoms with Gasteiger partial charge in [0.15, 0.2) is 11.5 Å². The van der Waals surface area contributed by atoms with Gasteiger partial charge in [-0.1, -0.05) is 12.1 Å². The van der Waals surface area contributed by atoms with Crippen molar-refractivity contribution in [3.8, 4) is 11.4 Å². The van der Waals surface area contributed by atoms with E-state index in [9.17, 15) is 4.79 Å². The smallest absolute Gasteiger partial charge is 0.323 e. The van der Waals surface area contributed by atoms with E-state index in [2.05, 4.69) is 44.6 Å². The highest BCUT2D eigenvalue weighted by Gasteiger charge is 2.39. The summed E-state index contributed by atoms with van der Waals surface area (Å²) in [6.45, 7) is 7.55. The Hall–Kier alpha value is -4.02. The minimum atomic E-state index is -0.278. The number of aromatic nitrogens is 4. The molecule has 3 aliphatic rings. The number of hydrogen-bond donors (Lipinski definition) is 2. The molecule has 3 saturated heterocycles. The van der Waals surface area contributed by atoms with Crippen LogP contribution < -0.4 is 15.5 Å². The third-order valence-corrected chi connectivity index (χ3v) is 8.48. The van der Waals surface area contributed by atoms with Crippen LogP contribution in [0.3, 0.4) is 0 Å². The number of rotatable bonds is 7. The molecule has 212 valence electrons. The monoisotopic (exact) mass is 552 g/mol. The van der Waals surface area contributed by atoms with Crippen molar-refractivity contribution in [3.05, 3.63) is 60.3 Å². The topological polar surface area (TPSA) is 100 Å². The van der Waals surface area contributed by atoms with Gasteiger partial charge in [-0.2, -0.15) is 5.10 Å². The molecular weight excluding hydrogens is 516 g/mol. The number of amides is 2. The number of anilines is 3. The van der Waals surface area contributed by atoms with E-state index in [-0.39, 0.29) is 6.03 Å². The van der Waals surface area contributed by atoms with Crippen LogP contribution in [0.25, 0.3) is 22.4 Å². The molecule has 5 heterocycles. The van der Waals surface area contributed by atoms with Crippen molar-refractivity contribution in [1.29, 1.82) is 0 Å². The maximum Gasteiger partial charge on any atom is 0.323 e. The van der Waals surface area contributed by atoms with E-state index in [1.54, 1.807) is 0 Å². The fourth-order valence-electron chi connectivity index (χ4n) is 6.36. The number of carbonyl (C=O) groups is 1. The average Bonchev–Trinajstić information content (AvgIpc) is 3.72. The van der Waals surface area contributed by atoms with E-state index in [0.29, 0.717) is 23.6 Å². The van der Waals surface area contributed by atoms with Crippen LogP contribution in [-0.4, -0.2) is 69.1 Å². The van der Waals surface area contributed by atoms with Crippen molar-refractivity contribution in [2.24, 2.45) is 0 Å². The van der Waals surface area contributed by atoms with Crippen LogP contribution in [0.1, 0.15) is 38.2 Å². The van der Waals surface area contributed by atoms with Crippen molar-refractivity contribution < 1.29 is 9.53 Å². The van der Waals surface area contributed by atoms with Gasteiger partial charge in [-0.15, -0.1) is 0 Å². The first kappa shape index (κ1) is 25.9. The SMILES string of the molecule is CCn1ncc2c(N3C4CCC3COC4)nc(-c3ccc(NC(=O)Nc4ccc(CN5CCCC5)cc4)cc3)nc21. The van der Waals surface area contributed by atoms with E-state index in [1.165, 1.54) is 31.5 Å². The molecule has 2 N–H and O–H groups in total. The fraction of sp³-hybridized carbons (Fsp3) is 0.419. The number of fused-ring (bicyclic) bond motifs is 3. The van der Waals surface area contributed by atoms with Crippen molar-refractivity contribution in [2.75, 3.05) is 41.8 Å². The highest BCUT2D eigenvalue weighted by Crippen LogP contribution is 2.37. The molecular formula is C31H36N8O2. The van der Waals surface area contributed by atoms with Gasteiger partial charge in [0, 0.05) is 30.0 Å². The van der Waals surface area contributed by atoms with Crippen LogP contribution in [0.5, 0.6) is 0 Å². The summed E-state index contributed by atoms with van der Waals surface area (Å²) in [4.78, 5) is 27.6. The maximum atomic E-state index is 12.7. The first-order valence-corrected chi connectivity index (χ1v) is 14.7. The minimum Gasteiger partial charge on any atom is -0.377 e. The van der Waals surface area contributed by atoms with Gasteiger partial charge in [-0.3, -0.25) is 4.90 Å². The summed E-state index contributed by atoms with van der Waals surface area (Å²) in [5, 5.41) is 11.4. The van der Waals surface area contributed by atoms with Gasteiger partial charge < -0.3 is 20.3 Å². The molecule has 0 aliphatic carbocycles. The second kappa shape index (κ2) is 11.1. The fourth-order valence-corrected chi connectivity index (χ4v) is 6.36. The highest BCUT2D eigenvalue weighted by atomic mass is 16.5. The number of hydrogen-bond acceptors (Lipinski definition) is 7. The Morgan fingerprint density at radius 1 is 0.927 bits per heavy atom. The molecule has 4 aromatic rings. The van der Waals surface area contributed by atoms with Crippen LogP contribution in [0, 0.1) is 0 Å². The predicted octanol–water partition coefficient (Wildman–Crippen LogP) is 5.12. The molecule has 10 nitrogen and oxygen atoms in total. The summed E-state index contributed by atoms with van der Waals surface area (Å²) in [6.07, 6.45) is 6.67. The summed E-state index contributed by atoms with van der Waals surface area (Å²) in [6, 6.07) is 16.1. The number of benzene rings is 2. The Balaban J connectivity index is 1.06. The lowest BCUT2D eigenvalue weighted by Crippen LogP contribution is -2.46. The Morgan fingerprint density at radius 2 is 1.59 bits per heavy atom. The third-order valence-electron chi connectivity index (χ3n) is 8.48. The summed E-state index contributed by atoms with van der Waals surface area (Å²) in [5.74, 6) is 1.59. The van der Waals surface area contributed by atoms with Crippen LogP contribution in [0.2, 0.25) is 0 Å². The minimum absolute atomic E-state index is 0.278. The molecule has 0 radical (unpaired) electrons. The molecule has 7 rings (SSSR count). The predicted molar refractivity (Wildman–Crippen MR) is 160 cm³/mol. The van der Waals surface area contributed by atoms with E-state index < -0.39 is 0 Å². The molecule has 10 heteroatoms. The van der Waals surface area contributed by atoms with Gasteiger partial charge in [0.05, 0.1) is 36.9 Å². The zero-order valence-electron chi connectivity index (χ0n) is 23.4. The van der Waals surface area contributed by atoms with E-state index in [0.717, 1.165) is 67.2 Å². The number of carbonyl (C=O) groups excluding carboxylic acids is 1. The third kappa shape index (κ3) is 5.25. The van der Waals surface area contributed by atoms with Gasteiger partial charge in [0.25, 0.3) is 0 Å². The lowest BCUT2D eigenvalue weighted by molar-refractivity contribution is 0.0904. The van der Waals surface area contributed by atoms with Gasteiger partial charge in [0.2, 0.25) is 0 Å². The molecule has 2 aromatic heterocycles. The van der Waals surface area contributed by atoms with Crippen molar-refractivity contribution in [1.82, 2.24) is 24.6 Å². The second-order valence-electron chi connectivity index (χ2n) is 11.2. The molecule has 3 aliphatic heterocycles. The van der Waals surface area contributed by atoms with Crippen molar-refractivity contribution in [2.45, 2.75) is 57.8 Å². The van der Waals surface area contributed by atoms with Gasteiger partial charge >= 0.3 is 6.03 Å². The number of morpholine rings is 1. The molecule has 2 amide bonds. The average molecular weight is 553 g/mol. The Kier molecular flexibility index (Phi) is 7.02. The van der Waals surface area contributed by atoms with Crippen molar-refractivity contribution in [3.63, 3.8) is 0 Å². The number of nitrogens with one attached hydrogen (secondary N) is 2. The lowest BCUT2D eigenvalue weighted by Gasteiger charge is -2.36. The standard InChI is InChI=1S/C31H36N8O2/c1-2-38-29-27(17-32-38)30(39-25-13-14-26(39)20-41-19-25)36-28(35-29)22-7-11-24(12-8-22)34-31(40)33-23-9-5-21(6-10-23)18-37-15-3-4-16-37/h5-12,17,25-26H,2-4,13-16,18-20H2,1H3,(H2,33,34,40). The first-order chi connectivity index (χ1) is 20.1. The Bertz CT molecular complexity index is 1510. The largest absolute Gasteiger partial charge is 0.377 e. The maximum absolute atomic E-state index is 12.7. The van der Waals surface area contributed by atoms with Gasteiger partial charge in [-0.05, 0) is 87.7 Å². The highest BCUT2D eigenvalue weighted by molar-refractivity contribution is 5.99. The van der Waals surface area contributed by atoms with Crippen LogP contribution in [-0.2, 0) is 17.8 Å². The zero-order valence-corrected chi connectivity index (χ0v) is 23.4. The van der Waals surface area contributed by atoms with Gasteiger partial charge in [-0.25, -0.2) is 19.4 Å². The first-order valence-electron chi connectivity index (χ1n) is 14.7. The number of aryl methyl sites for hydroxylation is 1. The summed E-state index contributed by atoms with van der Waals surface area (Å²) in [5.41, 5.74) is 4.45. The molecule has 3 fully saturated rings. The summed E-state index contributed by atoms with van der Waals surface area (Å²) >= 11 is 0. The molecule has 2 aromatic carbocycles. The lowest BCUT2D eigenvalue weighted by atomic mass is 10.1. The molecule has 2 atom stereocenters. The number of ether oxygens (including phenoxy) is 1. The summed E-state index contributed by atoms with van der Waals surface area (Å²) in [7, 11) is 0. The van der Waals surface area contributed by atoms with Crippen LogP contribution in [0.4, 0.5) is 22.0 Å². The number of likely N-dealkylation sites (tertiary alicyclic amines) is 1. The molecule has 41 heavy (non-hydrogen) atoms. The normalized spacial score (nSPS) is 20.6. The van der Waals surface area contributed by atoms with Crippen molar-refractivity contribution >= 4 is 34.3 Å². The summed E-state index contributed by atoms with van der Waals surface area (Å²) < 4.78 is 7.75. The van der Waals surface area contributed by atoms with Crippen LogP contribution in [0.15, 0.2) is 54.7 Å². The number of nitrogens with zero attached hydrogens (tertiary/aromatic N) is 6. The second-order valence-corrected chi connectivity index (χ2v) is 11.2. The van der Waals surface area contributed by atoms with E-state index in [4.69, 9.17) is 14.7 Å². The number of urea groups is 1. The quantitative estimate of drug-likeness (QED) is 0.328. The Morgan fingerprint density at radius 3 is 2.24 bits per heavy atom. The van der Waals surface area contributed by atoms with Gasteiger partial charge in [0.1, 0.15) is 5.82 Å². The van der Waals surface area contributed by atoms with Crippen LogP contribution >= 0.6 is 0 Å². The van der Waals surface area contributed by atoms with E-state index >= 15 is 0 Å². The molecule has 0 saturated carbocycles. The zero-order chi connectivity index (χ0) is 27.8. The molecule has 0 spiro atoms. The molecule has 2 unspecified atom stereocenters. The molecule has 2 bridgehead atoms.